The van der Waals surface area contributed by atoms with Gasteiger partial charge in [0.05, 0.1) is 25.6 Å². The number of nitrogens with zero attached hydrogens (tertiary/aromatic N) is 1. The lowest BCUT2D eigenvalue weighted by atomic mass is 10.2. The summed E-state index contributed by atoms with van der Waals surface area (Å²) < 4.78 is 10.5. The van der Waals surface area contributed by atoms with Gasteiger partial charge in [-0.25, -0.2) is 4.98 Å². The third kappa shape index (κ3) is 2.61. The molecule has 0 aliphatic carbocycles. The van der Waals surface area contributed by atoms with Gasteiger partial charge in [-0.1, -0.05) is 12.1 Å². The van der Waals surface area contributed by atoms with Crippen LogP contribution in [-0.4, -0.2) is 19.2 Å². The highest BCUT2D eigenvalue weighted by Crippen LogP contribution is 2.29. The van der Waals surface area contributed by atoms with Crippen molar-refractivity contribution in [3.8, 4) is 11.5 Å². The predicted molar refractivity (Wildman–Crippen MR) is 89.0 cm³/mol. The van der Waals surface area contributed by atoms with Gasteiger partial charge in [-0.2, -0.15) is 0 Å². The quantitative estimate of drug-likeness (QED) is 0.720. The van der Waals surface area contributed by atoms with Crippen molar-refractivity contribution < 1.29 is 9.47 Å². The first kappa shape index (κ1) is 14.0. The number of pyridine rings is 1. The fourth-order valence-electron chi connectivity index (χ4n) is 2.27. The Kier molecular flexibility index (Phi) is 3.70. The first-order valence-corrected chi connectivity index (χ1v) is 6.85. The topological polar surface area (TPSA) is 69.4 Å². The van der Waals surface area contributed by atoms with Gasteiger partial charge in [0.15, 0.2) is 0 Å². The number of fused-ring (bicyclic) bond motifs is 1. The molecular formula is C17H17N3O2. The molecule has 3 rings (SSSR count). The first-order valence-electron chi connectivity index (χ1n) is 6.85. The average molecular weight is 295 g/mol. The van der Waals surface area contributed by atoms with Crippen LogP contribution in [0.5, 0.6) is 11.5 Å². The second-order valence-corrected chi connectivity index (χ2v) is 4.81. The van der Waals surface area contributed by atoms with Crippen LogP contribution in [-0.2, 0) is 0 Å². The van der Waals surface area contributed by atoms with Gasteiger partial charge in [0, 0.05) is 11.5 Å². The minimum atomic E-state index is 0.598. The van der Waals surface area contributed by atoms with Gasteiger partial charge < -0.3 is 20.5 Å². The molecule has 1 heterocycles. The predicted octanol–water partition coefficient (Wildman–Crippen LogP) is 3.58. The molecule has 0 aliphatic heterocycles. The molecular weight excluding hydrogens is 278 g/mol. The largest absolute Gasteiger partial charge is 0.497 e. The summed E-state index contributed by atoms with van der Waals surface area (Å²) in [4.78, 5) is 4.60. The molecule has 2 aromatic carbocycles. The molecule has 5 nitrogen and oxygen atoms in total. The number of aromatic nitrogens is 1. The zero-order valence-corrected chi connectivity index (χ0v) is 12.5. The van der Waals surface area contributed by atoms with Crippen LogP contribution in [0.3, 0.4) is 0 Å². The molecule has 5 heteroatoms. The lowest BCUT2D eigenvalue weighted by molar-refractivity contribution is 0.415. The van der Waals surface area contributed by atoms with Crippen LogP contribution in [0.4, 0.5) is 17.2 Å². The Labute approximate surface area is 128 Å². The molecule has 0 atom stereocenters. The van der Waals surface area contributed by atoms with Gasteiger partial charge in [-0.3, -0.25) is 0 Å². The van der Waals surface area contributed by atoms with Gasteiger partial charge in [0.2, 0.25) is 0 Å². The van der Waals surface area contributed by atoms with E-state index in [4.69, 9.17) is 15.2 Å². The maximum Gasteiger partial charge on any atom is 0.145 e. The van der Waals surface area contributed by atoms with Crippen molar-refractivity contribution in [3.63, 3.8) is 0 Å². The number of nitrogens with two attached hydrogens (primary N) is 1. The molecule has 1 aromatic heterocycles. The van der Waals surface area contributed by atoms with Crippen LogP contribution >= 0.6 is 0 Å². The summed E-state index contributed by atoms with van der Waals surface area (Å²) in [6, 6.07) is 15.2. The monoisotopic (exact) mass is 295 g/mol. The Balaban J connectivity index is 1.97. The molecule has 112 valence electrons. The van der Waals surface area contributed by atoms with E-state index in [1.165, 1.54) is 0 Å². The maximum absolute atomic E-state index is 6.02. The van der Waals surface area contributed by atoms with E-state index in [0.717, 1.165) is 28.1 Å². The Hall–Kier alpha value is -2.95. The summed E-state index contributed by atoms with van der Waals surface area (Å²) in [5.41, 5.74) is 8.20. The number of ether oxygens (including phenoxy) is 2. The number of methoxy groups -OCH3 is 2. The Morgan fingerprint density at radius 1 is 1.00 bits per heavy atom. The summed E-state index contributed by atoms with van der Waals surface area (Å²) in [5, 5.41) is 4.24. The first-order chi connectivity index (χ1) is 10.7. The second-order valence-electron chi connectivity index (χ2n) is 4.81. The number of nitrogen functional groups attached to an aromatic ring is 1. The molecule has 3 N–H and O–H groups in total. The van der Waals surface area contributed by atoms with E-state index in [1.54, 1.807) is 20.3 Å². The minimum Gasteiger partial charge on any atom is -0.497 e. The SMILES string of the molecule is COc1ccc(Nc2ccc3cccc(OC)c3n2)c(N)c1. The standard InChI is InChI=1S/C17H17N3O2/c1-21-12-7-8-14(13(18)10-12)19-16-9-6-11-4-3-5-15(22-2)17(11)20-16/h3-10H,18H2,1-2H3,(H,19,20). The fourth-order valence-corrected chi connectivity index (χ4v) is 2.27. The van der Waals surface area contributed by atoms with Crippen LogP contribution in [0.15, 0.2) is 48.5 Å². The number of hydrogen-bond acceptors (Lipinski definition) is 5. The van der Waals surface area contributed by atoms with Crippen LogP contribution in [0.25, 0.3) is 10.9 Å². The molecule has 22 heavy (non-hydrogen) atoms. The maximum atomic E-state index is 6.02. The van der Waals surface area contributed by atoms with Gasteiger partial charge in [0.1, 0.15) is 22.8 Å². The number of anilines is 3. The molecule has 0 bridgehead atoms. The van der Waals surface area contributed by atoms with E-state index >= 15 is 0 Å². The normalized spacial score (nSPS) is 10.5. The zero-order chi connectivity index (χ0) is 15.5. The summed E-state index contributed by atoms with van der Waals surface area (Å²) in [6.07, 6.45) is 0. The van der Waals surface area contributed by atoms with Crippen LogP contribution in [0.1, 0.15) is 0 Å². The van der Waals surface area contributed by atoms with E-state index in [9.17, 15) is 0 Å². The Bertz CT molecular complexity index is 818. The highest BCUT2D eigenvalue weighted by molar-refractivity contribution is 5.86. The lowest BCUT2D eigenvalue weighted by Crippen LogP contribution is -1.99. The van der Waals surface area contributed by atoms with E-state index in [1.807, 2.05) is 42.5 Å². The number of benzene rings is 2. The molecule has 0 saturated heterocycles. The minimum absolute atomic E-state index is 0.598. The molecule has 0 fully saturated rings. The van der Waals surface area contributed by atoms with Crippen LogP contribution < -0.4 is 20.5 Å². The number of para-hydroxylation sites is 1. The highest BCUT2D eigenvalue weighted by Gasteiger charge is 2.06. The Morgan fingerprint density at radius 3 is 2.59 bits per heavy atom. The molecule has 0 amide bonds. The van der Waals surface area contributed by atoms with Crippen LogP contribution in [0, 0.1) is 0 Å². The van der Waals surface area contributed by atoms with Crippen molar-refractivity contribution in [2.45, 2.75) is 0 Å². The number of hydrogen-bond donors (Lipinski definition) is 2. The van der Waals surface area contributed by atoms with Crippen molar-refractivity contribution in [2.75, 3.05) is 25.3 Å². The lowest BCUT2D eigenvalue weighted by Gasteiger charge is -2.11. The van der Waals surface area contributed by atoms with E-state index in [0.29, 0.717) is 11.5 Å². The fraction of sp³-hybridized carbons (Fsp3) is 0.118. The molecule has 0 radical (unpaired) electrons. The van der Waals surface area contributed by atoms with E-state index in [2.05, 4.69) is 10.3 Å². The molecule has 0 spiro atoms. The van der Waals surface area contributed by atoms with Crippen molar-refractivity contribution in [1.82, 2.24) is 4.98 Å². The van der Waals surface area contributed by atoms with Gasteiger partial charge in [-0.05, 0) is 30.3 Å². The number of rotatable bonds is 4. The third-order valence-electron chi connectivity index (χ3n) is 3.42. The van der Waals surface area contributed by atoms with E-state index in [-0.39, 0.29) is 0 Å². The third-order valence-corrected chi connectivity index (χ3v) is 3.42. The second kappa shape index (κ2) is 5.81. The van der Waals surface area contributed by atoms with Crippen molar-refractivity contribution in [1.29, 1.82) is 0 Å². The summed E-state index contributed by atoms with van der Waals surface area (Å²) in [5.74, 6) is 2.16. The van der Waals surface area contributed by atoms with Gasteiger partial charge >= 0.3 is 0 Å². The molecule has 0 unspecified atom stereocenters. The number of nitrogens with one attached hydrogen (secondary N) is 1. The smallest absolute Gasteiger partial charge is 0.145 e. The van der Waals surface area contributed by atoms with Crippen molar-refractivity contribution in [3.05, 3.63) is 48.5 Å². The van der Waals surface area contributed by atoms with Crippen molar-refractivity contribution >= 4 is 28.1 Å². The molecule has 3 aromatic rings. The van der Waals surface area contributed by atoms with Gasteiger partial charge in [-0.15, -0.1) is 0 Å². The Morgan fingerprint density at radius 2 is 1.86 bits per heavy atom. The summed E-state index contributed by atoms with van der Waals surface area (Å²) in [6.45, 7) is 0. The summed E-state index contributed by atoms with van der Waals surface area (Å²) >= 11 is 0. The van der Waals surface area contributed by atoms with E-state index < -0.39 is 0 Å². The molecule has 0 aliphatic rings. The molecule has 0 saturated carbocycles. The average Bonchev–Trinajstić information content (AvgIpc) is 2.56. The zero-order valence-electron chi connectivity index (χ0n) is 12.5. The van der Waals surface area contributed by atoms with Crippen molar-refractivity contribution in [2.24, 2.45) is 0 Å². The summed E-state index contributed by atoms with van der Waals surface area (Å²) in [7, 11) is 3.25. The highest BCUT2D eigenvalue weighted by atomic mass is 16.5. The van der Waals surface area contributed by atoms with Gasteiger partial charge in [0.25, 0.3) is 0 Å². The van der Waals surface area contributed by atoms with Crippen LogP contribution in [0.2, 0.25) is 0 Å².